The minimum absolute atomic E-state index is 0.896. The largest absolute Gasteiger partial charge is 0.455 e. The van der Waals surface area contributed by atoms with Gasteiger partial charge in [0.2, 0.25) is 0 Å². The van der Waals surface area contributed by atoms with Crippen LogP contribution in [0.25, 0.3) is 88.3 Å². The van der Waals surface area contributed by atoms with Gasteiger partial charge >= 0.3 is 0 Å². The molecule has 0 saturated carbocycles. The van der Waals surface area contributed by atoms with E-state index in [1.54, 1.807) is 0 Å². The fraction of sp³-hybridized carbons (Fsp3) is 0. The quantitative estimate of drug-likeness (QED) is 0.153. The summed E-state index contributed by atoms with van der Waals surface area (Å²) in [6.45, 7) is 0. The van der Waals surface area contributed by atoms with Crippen molar-refractivity contribution >= 4 is 49.8 Å². The highest BCUT2D eigenvalue weighted by Crippen LogP contribution is 2.42. The van der Waals surface area contributed by atoms with Gasteiger partial charge in [-0.2, -0.15) is 0 Å². The fourth-order valence-corrected chi connectivity index (χ4v) is 8.63. The number of nitrogens with zero attached hydrogens (tertiary/aromatic N) is 1. The van der Waals surface area contributed by atoms with Gasteiger partial charge in [0.15, 0.2) is 0 Å². The average molecular weight is 766 g/mol. The monoisotopic (exact) mass is 765 g/mol. The van der Waals surface area contributed by atoms with Crippen LogP contribution in [0.15, 0.2) is 241 Å². The van der Waals surface area contributed by atoms with Gasteiger partial charge in [0.1, 0.15) is 11.2 Å². The van der Waals surface area contributed by atoms with Gasteiger partial charge in [-0.3, -0.25) is 0 Å². The maximum atomic E-state index is 6.54. The van der Waals surface area contributed by atoms with E-state index < -0.39 is 0 Å². The maximum absolute atomic E-state index is 6.54. The van der Waals surface area contributed by atoms with E-state index >= 15 is 0 Å². The van der Waals surface area contributed by atoms with Crippen molar-refractivity contribution in [2.75, 3.05) is 4.90 Å². The molecule has 11 rings (SSSR count). The predicted molar refractivity (Wildman–Crippen MR) is 253 cm³/mol. The molecule has 0 fully saturated rings. The molecule has 282 valence electrons. The zero-order valence-electron chi connectivity index (χ0n) is 32.9. The van der Waals surface area contributed by atoms with Crippen molar-refractivity contribution in [1.82, 2.24) is 0 Å². The summed E-state index contributed by atoms with van der Waals surface area (Å²) in [5, 5.41) is 4.58. The van der Waals surface area contributed by atoms with Gasteiger partial charge in [0.05, 0.1) is 0 Å². The molecular weight excluding hydrogens is 727 g/mol. The normalized spacial score (nSPS) is 11.3. The molecule has 0 unspecified atom stereocenters. The Labute approximate surface area is 349 Å². The first-order valence-electron chi connectivity index (χ1n) is 20.5. The Morgan fingerprint density at radius 2 is 0.750 bits per heavy atom. The van der Waals surface area contributed by atoms with Crippen LogP contribution in [0.3, 0.4) is 0 Å². The van der Waals surface area contributed by atoms with Gasteiger partial charge in [0.25, 0.3) is 0 Å². The van der Waals surface area contributed by atoms with Crippen LogP contribution in [0, 0.1) is 0 Å². The predicted octanol–water partition coefficient (Wildman–Crippen LogP) is 16.5. The second-order valence-corrected chi connectivity index (χ2v) is 15.3. The highest BCUT2D eigenvalue weighted by atomic mass is 16.3. The average Bonchev–Trinajstić information content (AvgIpc) is 3.73. The molecule has 2 nitrogen and oxygen atoms in total. The molecule has 0 bridgehead atoms. The zero-order chi connectivity index (χ0) is 39.8. The minimum atomic E-state index is 0.896. The van der Waals surface area contributed by atoms with E-state index in [2.05, 4.69) is 241 Å². The minimum Gasteiger partial charge on any atom is -0.455 e. The Hall–Kier alpha value is -7.94. The van der Waals surface area contributed by atoms with Gasteiger partial charge in [0, 0.05) is 33.2 Å². The van der Waals surface area contributed by atoms with Crippen LogP contribution in [-0.4, -0.2) is 0 Å². The number of fused-ring (bicyclic) bond motifs is 5. The second kappa shape index (κ2) is 15.1. The third kappa shape index (κ3) is 6.51. The Balaban J connectivity index is 0.973. The van der Waals surface area contributed by atoms with Crippen LogP contribution in [0.1, 0.15) is 0 Å². The van der Waals surface area contributed by atoms with E-state index in [1.807, 2.05) is 0 Å². The molecular formula is C58H39NO. The lowest BCUT2D eigenvalue weighted by atomic mass is 9.97. The third-order valence-corrected chi connectivity index (χ3v) is 11.7. The SMILES string of the molecule is c1ccc(-c2ccc(-c3ccc(N(c4ccc(-c5cccc6oc7c8ccccc8ccc7c56)cc4)c4cccc(-c5ccc(-c6ccccc6)cc5)c4)cc3)cc2)cc1. The Bertz CT molecular complexity index is 3260. The standard InChI is InChI=1S/C58H39NO/c1-3-11-40(12-4-1)42-21-23-44(24-22-42)45-29-34-50(35-30-45)59(52-17-9-16-49(39-52)46-27-25-43(26-28-46)41-13-5-2-6-14-41)51-36-31-48(32-37-51)53-19-10-20-56-57(53)55-38-33-47-15-7-8-18-54(47)58(55)60-56/h1-39H. The van der Waals surface area contributed by atoms with Crippen LogP contribution >= 0.6 is 0 Å². The molecule has 11 aromatic rings. The number of benzene rings is 10. The number of rotatable bonds is 8. The Morgan fingerprint density at radius 3 is 1.35 bits per heavy atom. The van der Waals surface area contributed by atoms with Gasteiger partial charge < -0.3 is 9.32 Å². The molecule has 0 atom stereocenters. The van der Waals surface area contributed by atoms with Crippen LogP contribution in [0.5, 0.6) is 0 Å². The third-order valence-electron chi connectivity index (χ3n) is 11.7. The molecule has 0 amide bonds. The molecule has 60 heavy (non-hydrogen) atoms. The van der Waals surface area contributed by atoms with Gasteiger partial charge in [-0.15, -0.1) is 0 Å². The summed E-state index contributed by atoms with van der Waals surface area (Å²) in [5.41, 5.74) is 16.9. The molecule has 0 aliphatic heterocycles. The number of furan rings is 1. The van der Waals surface area contributed by atoms with Gasteiger partial charge in [-0.05, 0) is 110 Å². The summed E-state index contributed by atoms with van der Waals surface area (Å²) in [6.07, 6.45) is 0. The topological polar surface area (TPSA) is 16.4 Å². The molecule has 0 N–H and O–H groups in total. The van der Waals surface area contributed by atoms with Crippen LogP contribution in [0.4, 0.5) is 17.1 Å². The van der Waals surface area contributed by atoms with E-state index in [4.69, 9.17) is 4.42 Å². The number of hydrogen-bond acceptors (Lipinski definition) is 2. The highest BCUT2D eigenvalue weighted by molar-refractivity contribution is 6.19. The molecule has 0 radical (unpaired) electrons. The van der Waals surface area contributed by atoms with Crippen molar-refractivity contribution in [1.29, 1.82) is 0 Å². The van der Waals surface area contributed by atoms with E-state index in [1.165, 1.54) is 44.3 Å². The molecule has 0 saturated heterocycles. The van der Waals surface area contributed by atoms with E-state index in [9.17, 15) is 0 Å². The summed E-state index contributed by atoms with van der Waals surface area (Å²) in [5.74, 6) is 0. The summed E-state index contributed by atoms with van der Waals surface area (Å²) < 4.78 is 6.54. The van der Waals surface area contributed by atoms with Crippen molar-refractivity contribution in [3.05, 3.63) is 237 Å². The molecule has 10 aromatic carbocycles. The fourth-order valence-electron chi connectivity index (χ4n) is 8.63. The van der Waals surface area contributed by atoms with Crippen LogP contribution in [-0.2, 0) is 0 Å². The highest BCUT2D eigenvalue weighted by Gasteiger charge is 2.17. The van der Waals surface area contributed by atoms with Crippen molar-refractivity contribution < 1.29 is 4.42 Å². The van der Waals surface area contributed by atoms with Crippen molar-refractivity contribution in [3.63, 3.8) is 0 Å². The van der Waals surface area contributed by atoms with Crippen molar-refractivity contribution in [2.24, 2.45) is 0 Å². The lowest BCUT2D eigenvalue weighted by Gasteiger charge is -2.26. The summed E-state index contributed by atoms with van der Waals surface area (Å²) in [4.78, 5) is 2.36. The maximum Gasteiger partial charge on any atom is 0.143 e. The summed E-state index contributed by atoms with van der Waals surface area (Å²) >= 11 is 0. The summed E-state index contributed by atoms with van der Waals surface area (Å²) in [6, 6.07) is 84.8. The second-order valence-electron chi connectivity index (χ2n) is 15.3. The molecule has 0 aliphatic rings. The van der Waals surface area contributed by atoms with Gasteiger partial charge in [-0.25, -0.2) is 0 Å². The summed E-state index contributed by atoms with van der Waals surface area (Å²) in [7, 11) is 0. The smallest absolute Gasteiger partial charge is 0.143 e. The first kappa shape index (κ1) is 35.2. The van der Waals surface area contributed by atoms with Crippen LogP contribution < -0.4 is 4.90 Å². The Kier molecular flexibility index (Phi) is 8.87. The van der Waals surface area contributed by atoms with E-state index in [-0.39, 0.29) is 0 Å². The van der Waals surface area contributed by atoms with Crippen molar-refractivity contribution in [3.8, 4) is 55.6 Å². The first-order chi connectivity index (χ1) is 29.7. The lowest BCUT2D eigenvalue weighted by molar-refractivity contribution is 0.673. The number of hydrogen-bond donors (Lipinski definition) is 0. The van der Waals surface area contributed by atoms with Crippen molar-refractivity contribution in [2.45, 2.75) is 0 Å². The van der Waals surface area contributed by atoms with E-state index in [0.29, 0.717) is 0 Å². The number of anilines is 3. The van der Waals surface area contributed by atoms with Crippen LogP contribution in [0.2, 0.25) is 0 Å². The molecule has 1 aromatic heterocycles. The molecule has 1 heterocycles. The van der Waals surface area contributed by atoms with E-state index in [0.717, 1.165) is 61.1 Å². The Morgan fingerprint density at radius 1 is 0.283 bits per heavy atom. The van der Waals surface area contributed by atoms with Gasteiger partial charge in [-0.1, -0.05) is 188 Å². The zero-order valence-corrected chi connectivity index (χ0v) is 32.9. The lowest BCUT2D eigenvalue weighted by Crippen LogP contribution is -2.10. The first-order valence-corrected chi connectivity index (χ1v) is 20.5. The molecule has 0 spiro atoms. The molecule has 2 heteroatoms. The molecule has 0 aliphatic carbocycles.